The molecule has 0 spiro atoms. The fourth-order valence-corrected chi connectivity index (χ4v) is 3.25. The van der Waals surface area contributed by atoms with E-state index in [1.54, 1.807) is 20.2 Å². The third-order valence-electron chi connectivity index (χ3n) is 4.80. The number of fused-ring (bicyclic) bond motifs is 1. The van der Waals surface area contributed by atoms with Crippen LogP contribution >= 0.6 is 0 Å². The van der Waals surface area contributed by atoms with Gasteiger partial charge in [-0.1, -0.05) is 17.9 Å². The molecule has 0 aliphatic heterocycles. The van der Waals surface area contributed by atoms with E-state index < -0.39 is 5.60 Å². The Kier molecular flexibility index (Phi) is 5.43. The van der Waals surface area contributed by atoms with Gasteiger partial charge in [0.05, 0.1) is 31.3 Å². The lowest BCUT2D eigenvalue weighted by Crippen LogP contribution is -2.35. The fourth-order valence-electron chi connectivity index (χ4n) is 3.25. The van der Waals surface area contributed by atoms with Gasteiger partial charge in [0.15, 0.2) is 0 Å². The Morgan fingerprint density at radius 3 is 2.85 bits per heavy atom. The summed E-state index contributed by atoms with van der Waals surface area (Å²) in [4.78, 5) is 16.2. The predicted molar refractivity (Wildman–Crippen MR) is 98.7 cm³/mol. The van der Waals surface area contributed by atoms with Gasteiger partial charge in [0.1, 0.15) is 11.4 Å². The van der Waals surface area contributed by atoms with Crippen LogP contribution in [0.3, 0.4) is 0 Å². The molecule has 1 aliphatic rings. The molecule has 1 heterocycles. The van der Waals surface area contributed by atoms with E-state index >= 15 is 0 Å². The summed E-state index contributed by atoms with van der Waals surface area (Å²) < 4.78 is 10.3. The molecule has 0 radical (unpaired) electrons. The maximum Gasteiger partial charge on any atom is 0.308 e. The topological polar surface area (TPSA) is 68.7 Å². The molecule has 0 atom stereocenters. The molecule has 26 heavy (non-hydrogen) atoms. The van der Waals surface area contributed by atoms with E-state index in [2.05, 4.69) is 16.8 Å². The van der Waals surface area contributed by atoms with Gasteiger partial charge in [-0.15, -0.1) is 0 Å². The van der Waals surface area contributed by atoms with Crippen LogP contribution in [0.5, 0.6) is 5.75 Å². The van der Waals surface area contributed by atoms with Crippen LogP contribution in [-0.2, 0) is 9.53 Å². The summed E-state index contributed by atoms with van der Waals surface area (Å²) in [5, 5.41) is 11.7. The smallest absolute Gasteiger partial charge is 0.308 e. The van der Waals surface area contributed by atoms with Crippen molar-refractivity contribution in [2.45, 2.75) is 38.2 Å². The van der Waals surface area contributed by atoms with Gasteiger partial charge in [0.2, 0.25) is 0 Å². The number of carbonyl (C=O) groups is 1. The van der Waals surface area contributed by atoms with Gasteiger partial charge in [0, 0.05) is 10.9 Å². The van der Waals surface area contributed by atoms with Gasteiger partial charge in [-0.3, -0.25) is 9.78 Å². The lowest BCUT2D eigenvalue weighted by Gasteiger charge is -2.31. The van der Waals surface area contributed by atoms with Crippen molar-refractivity contribution in [3.63, 3.8) is 0 Å². The van der Waals surface area contributed by atoms with E-state index in [0.29, 0.717) is 38.0 Å². The molecular weight excluding hydrogens is 330 g/mol. The van der Waals surface area contributed by atoms with Crippen molar-refractivity contribution < 1.29 is 19.4 Å². The number of carbonyl (C=O) groups excluding carboxylic acids is 1. The second-order valence-corrected chi connectivity index (χ2v) is 6.56. The molecule has 5 nitrogen and oxygen atoms in total. The maximum absolute atomic E-state index is 11.8. The zero-order chi connectivity index (χ0) is 18.6. The van der Waals surface area contributed by atoms with E-state index in [9.17, 15) is 9.90 Å². The summed E-state index contributed by atoms with van der Waals surface area (Å²) in [5.74, 6) is 6.49. The highest BCUT2D eigenvalue weighted by Crippen LogP contribution is 2.32. The van der Waals surface area contributed by atoms with Crippen LogP contribution in [-0.4, -0.2) is 35.4 Å². The van der Waals surface area contributed by atoms with Crippen molar-refractivity contribution >= 4 is 16.9 Å². The predicted octanol–water partition coefficient (Wildman–Crippen LogP) is 3.08. The van der Waals surface area contributed by atoms with Gasteiger partial charge >= 0.3 is 5.97 Å². The van der Waals surface area contributed by atoms with Crippen LogP contribution in [0.4, 0.5) is 0 Å². The number of esters is 1. The number of aliphatic hydroxyl groups is 1. The molecule has 0 unspecified atom stereocenters. The molecule has 0 amide bonds. The monoisotopic (exact) mass is 353 g/mol. The van der Waals surface area contributed by atoms with Crippen molar-refractivity contribution in [3.05, 3.63) is 36.0 Å². The van der Waals surface area contributed by atoms with Crippen molar-refractivity contribution in [1.29, 1.82) is 0 Å². The second-order valence-electron chi connectivity index (χ2n) is 6.56. The second kappa shape index (κ2) is 7.76. The SMILES string of the molecule is CCOC(=O)[C@H]1CC[C@](O)(C#Cc2cccc3ncc(OC)cc23)CC1. The average molecular weight is 353 g/mol. The van der Waals surface area contributed by atoms with E-state index in [1.807, 2.05) is 24.3 Å². The summed E-state index contributed by atoms with van der Waals surface area (Å²) >= 11 is 0. The van der Waals surface area contributed by atoms with E-state index in [0.717, 1.165) is 16.5 Å². The highest BCUT2D eigenvalue weighted by molar-refractivity contribution is 5.86. The Morgan fingerprint density at radius 2 is 2.15 bits per heavy atom. The molecule has 3 rings (SSSR count). The van der Waals surface area contributed by atoms with Crippen molar-refractivity contribution in [1.82, 2.24) is 4.98 Å². The summed E-state index contributed by atoms with van der Waals surface area (Å²) in [6, 6.07) is 7.62. The minimum atomic E-state index is -1.07. The van der Waals surface area contributed by atoms with Gasteiger partial charge in [-0.25, -0.2) is 0 Å². The number of hydrogen-bond donors (Lipinski definition) is 1. The standard InChI is InChI=1S/C21H23NO4/c1-3-26-20(23)16-8-11-21(24,12-9-16)10-7-15-5-4-6-19-18(15)13-17(25-2)14-22-19/h4-6,13-14,16,24H,3,8-9,11-12H2,1-2H3/t16-,21+. The molecule has 1 fully saturated rings. The first kappa shape index (κ1) is 18.2. The van der Waals surface area contributed by atoms with Crippen LogP contribution in [0.25, 0.3) is 10.9 Å². The van der Waals surface area contributed by atoms with Gasteiger partial charge < -0.3 is 14.6 Å². The number of methoxy groups -OCH3 is 1. The fraction of sp³-hybridized carbons (Fsp3) is 0.429. The first-order valence-electron chi connectivity index (χ1n) is 8.89. The zero-order valence-corrected chi connectivity index (χ0v) is 15.1. The molecule has 2 aromatic rings. The Hall–Kier alpha value is -2.58. The lowest BCUT2D eigenvalue weighted by atomic mass is 9.79. The van der Waals surface area contributed by atoms with Gasteiger partial charge in [-0.2, -0.15) is 0 Å². The van der Waals surface area contributed by atoms with Gasteiger partial charge in [-0.05, 0) is 50.8 Å². The van der Waals surface area contributed by atoms with Crippen molar-refractivity contribution in [3.8, 4) is 17.6 Å². The van der Waals surface area contributed by atoms with Crippen LogP contribution < -0.4 is 4.74 Å². The number of nitrogens with zero attached hydrogens (tertiary/aromatic N) is 1. The number of benzene rings is 1. The minimum Gasteiger partial charge on any atom is -0.495 e. The largest absolute Gasteiger partial charge is 0.495 e. The number of pyridine rings is 1. The van der Waals surface area contributed by atoms with Crippen molar-refractivity contribution in [2.75, 3.05) is 13.7 Å². The molecule has 0 bridgehead atoms. The van der Waals surface area contributed by atoms with Gasteiger partial charge in [0.25, 0.3) is 0 Å². The maximum atomic E-state index is 11.8. The summed E-state index contributed by atoms with van der Waals surface area (Å²) in [7, 11) is 1.60. The minimum absolute atomic E-state index is 0.136. The Morgan fingerprint density at radius 1 is 1.38 bits per heavy atom. The van der Waals surface area contributed by atoms with E-state index in [1.165, 1.54) is 0 Å². The molecule has 1 aliphatic carbocycles. The summed E-state index contributed by atoms with van der Waals surface area (Å²) in [6.45, 7) is 2.19. The number of aromatic nitrogens is 1. The summed E-state index contributed by atoms with van der Waals surface area (Å²) in [6.07, 6.45) is 3.79. The molecule has 136 valence electrons. The van der Waals surface area contributed by atoms with Crippen molar-refractivity contribution in [2.24, 2.45) is 5.92 Å². The van der Waals surface area contributed by atoms with Crippen LogP contribution in [0, 0.1) is 17.8 Å². The number of ether oxygens (including phenoxy) is 2. The molecule has 5 heteroatoms. The third-order valence-corrected chi connectivity index (χ3v) is 4.80. The van der Waals surface area contributed by atoms with E-state index in [4.69, 9.17) is 9.47 Å². The van der Waals surface area contributed by atoms with Crippen LogP contribution in [0.15, 0.2) is 30.5 Å². The molecular formula is C21H23NO4. The highest BCUT2D eigenvalue weighted by Gasteiger charge is 2.35. The van der Waals surface area contributed by atoms with E-state index in [-0.39, 0.29) is 11.9 Å². The molecule has 1 aromatic carbocycles. The normalized spacial score (nSPS) is 22.3. The van der Waals surface area contributed by atoms with Crippen LogP contribution in [0.2, 0.25) is 0 Å². The Bertz CT molecular complexity index is 857. The lowest BCUT2D eigenvalue weighted by molar-refractivity contribution is -0.150. The molecule has 1 saturated carbocycles. The first-order valence-corrected chi connectivity index (χ1v) is 8.89. The zero-order valence-electron chi connectivity index (χ0n) is 15.1. The number of rotatable bonds is 3. The molecule has 1 N–H and O–H groups in total. The Labute approximate surface area is 153 Å². The Balaban J connectivity index is 1.79. The summed E-state index contributed by atoms with van der Waals surface area (Å²) in [5.41, 5.74) is 0.558. The number of hydrogen-bond acceptors (Lipinski definition) is 5. The quantitative estimate of drug-likeness (QED) is 0.678. The molecule has 0 saturated heterocycles. The van der Waals surface area contributed by atoms with Crippen LogP contribution in [0.1, 0.15) is 38.2 Å². The highest BCUT2D eigenvalue weighted by atomic mass is 16.5. The first-order chi connectivity index (χ1) is 12.5. The average Bonchev–Trinajstić information content (AvgIpc) is 2.66. The third kappa shape index (κ3) is 3.97. The molecule has 1 aromatic heterocycles.